The molecule has 2 amide bonds. The monoisotopic (exact) mass is 286 g/mol. The van der Waals surface area contributed by atoms with Crippen molar-refractivity contribution in [2.24, 2.45) is 0 Å². The molecule has 2 aliphatic rings. The summed E-state index contributed by atoms with van der Waals surface area (Å²) in [7, 11) is 0. The Bertz CT molecular complexity index is 596. The van der Waals surface area contributed by atoms with E-state index in [0.29, 0.717) is 6.42 Å². The van der Waals surface area contributed by atoms with Crippen molar-refractivity contribution in [1.29, 1.82) is 0 Å². The molecule has 2 aliphatic heterocycles. The van der Waals surface area contributed by atoms with Crippen LogP contribution >= 0.6 is 0 Å². The topological polar surface area (TPSA) is 40.6 Å². The summed E-state index contributed by atoms with van der Waals surface area (Å²) in [5, 5.41) is 0. The summed E-state index contributed by atoms with van der Waals surface area (Å²) in [5.74, 6) is 0.202. The smallest absolute Gasteiger partial charge is 0.250 e. The van der Waals surface area contributed by atoms with E-state index in [-0.39, 0.29) is 23.9 Å². The lowest BCUT2D eigenvalue weighted by atomic mass is 9.99. The largest absolute Gasteiger partial charge is 0.329 e. The summed E-state index contributed by atoms with van der Waals surface area (Å²) >= 11 is 0. The van der Waals surface area contributed by atoms with Crippen molar-refractivity contribution in [1.82, 2.24) is 4.90 Å². The lowest BCUT2D eigenvalue weighted by molar-refractivity contribution is -0.144. The molecule has 0 bridgehead atoms. The van der Waals surface area contributed by atoms with Gasteiger partial charge in [0.2, 0.25) is 5.91 Å². The van der Waals surface area contributed by atoms with Crippen LogP contribution in [0.4, 0.5) is 5.69 Å². The molecule has 0 aliphatic carbocycles. The van der Waals surface area contributed by atoms with Crippen molar-refractivity contribution in [2.75, 3.05) is 11.4 Å². The second kappa shape index (κ2) is 5.17. The molecule has 2 atom stereocenters. The summed E-state index contributed by atoms with van der Waals surface area (Å²) in [6.07, 6.45) is 2.38. The lowest BCUT2D eigenvalue weighted by Crippen LogP contribution is -2.63. The van der Waals surface area contributed by atoms with E-state index in [1.807, 2.05) is 39.0 Å². The van der Waals surface area contributed by atoms with Gasteiger partial charge in [0.1, 0.15) is 12.1 Å². The Hall–Kier alpha value is -1.84. The van der Waals surface area contributed by atoms with Crippen LogP contribution in [-0.2, 0) is 9.59 Å². The highest BCUT2D eigenvalue weighted by Gasteiger charge is 2.47. The van der Waals surface area contributed by atoms with Crippen LogP contribution in [0.1, 0.15) is 37.3 Å². The molecule has 0 saturated carbocycles. The van der Waals surface area contributed by atoms with E-state index in [4.69, 9.17) is 0 Å². The Kier molecular flexibility index (Phi) is 3.47. The van der Waals surface area contributed by atoms with Crippen LogP contribution in [0.15, 0.2) is 18.2 Å². The van der Waals surface area contributed by atoms with Crippen LogP contribution in [0.5, 0.6) is 0 Å². The number of amides is 2. The van der Waals surface area contributed by atoms with E-state index in [2.05, 4.69) is 0 Å². The number of piperazine rings is 1. The zero-order chi connectivity index (χ0) is 15.1. The standard InChI is InChI=1S/C17H22N2O2/c1-4-13-16(20)18-10-6-9-15(18)17(21)19(13)14-8-5-7-11(2)12(14)3/h5,7-8,13,15H,4,6,9-10H2,1-3H3. The maximum Gasteiger partial charge on any atom is 0.250 e. The molecular weight excluding hydrogens is 264 g/mol. The fourth-order valence-electron chi connectivity index (χ4n) is 3.54. The molecule has 1 aromatic rings. The number of nitrogens with zero attached hydrogens (tertiary/aromatic N) is 2. The molecular formula is C17H22N2O2. The highest BCUT2D eigenvalue weighted by atomic mass is 16.2. The lowest BCUT2D eigenvalue weighted by Gasteiger charge is -2.42. The minimum absolute atomic E-state index is 0.0904. The quantitative estimate of drug-likeness (QED) is 0.837. The van der Waals surface area contributed by atoms with Crippen molar-refractivity contribution in [3.63, 3.8) is 0 Å². The molecule has 2 heterocycles. The first kappa shape index (κ1) is 14.1. The second-order valence-electron chi connectivity index (χ2n) is 6.04. The van der Waals surface area contributed by atoms with E-state index in [1.165, 1.54) is 0 Å². The van der Waals surface area contributed by atoms with Gasteiger partial charge in [-0.05, 0) is 50.3 Å². The summed E-state index contributed by atoms with van der Waals surface area (Å²) in [5.41, 5.74) is 3.13. The van der Waals surface area contributed by atoms with Gasteiger partial charge in [0.25, 0.3) is 5.91 Å². The summed E-state index contributed by atoms with van der Waals surface area (Å²) in [6.45, 7) is 6.77. The molecule has 2 fully saturated rings. The Morgan fingerprint density at radius 1 is 1.19 bits per heavy atom. The Labute approximate surface area is 125 Å². The van der Waals surface area contributed by atoms with Crippen molar-refractivity contribution in [3.05, 3.63) is 29.3 Å². The van der Waals surface area contributed by atoms with Gasteiger partial charge in [-0.15, -0.1) is 0 Å². The fourth-order valence-corrected chi connectivity index (χ4v) is 3.54. The van der Waals surface area contributed by atoms with Crippen LogP contribution in [0.2, 0.25) is 0 Å². The van der Waals surface area contributed by atoms with E-state index < -0.39 is 0 Å². The highest BCUT2D eigenvalue weighted by molar-refractivity contribution is 6.09. The number of carbonyl (C=O) groups is 2. The normalized spacial score (nSPS) is 25.5. The minimum Gasteiger partial charge on any atom is -0.329 e. The van der Waals surface area contributed by atoms with Crippen LogP contribution < -0.4 is 4.90 Å². The minimum atomic E-state index is -0.354. The molecule has 0 radical (unpaired) electrons. The van der Waals surface area contributed by atoms with Crippen LogP contribution in [-0.4, -0.2) is 35.3 Å². The molecule has 2 unspecified atom stereocenters. The molecule has 3 rings (SSSR count). The Morgan fingerprint density at radius 2 is 1.95 bits per heavy atom. The third kappa shape index (κ3) is 2.04. The van der Waals surface area contributed by atoms with Crippen LogP contribution in [0.3, 0.4) is 0 Å². The molecule has 4 nitrogen and oxygen atoms in total. The number of fused-ring (bicyclic) bond motifs is 1. The molecule has 0 N–H and O–H groups in total. The third-order valence-electron chi connectivity index (χ3n) is 4.88. The van der Waals surface area contributed by atoms with Crippen molar-refractivity contribution in [2.45, 2.75) is 52.1 Å². The van der Waals surface area contributed by atoms with Crippen molar-refractivity contribution < 1.29 is 9.59 Å². The van der Waals surface area contributed by atoms with Crippen molar-refractivity contribution in [3.8, 4) is 0 Å². The van der Waals surface area contributed by atoms with Crippen LogP contribution in [0, 0.1) is 13.8 Å². The number of rotatable bonds is 2. The highest BCUT2D eigenvalue weighted by Crippen LogP contribution is 2.34. The molecule has 2 saturated heterocycles. The number of benzene rings is 1. The average Bonchev–Trinajstić information content (AvgIpc) is 2.96. The summed E-state index contributed by atoms with van der Waals surface area (Å²) in [6, 6.07) is 5.36. The number of aryl methyl sites for hydroxylation is 1. The first-order valence-electron chi connectivity index (χ1n) is 7.76. The number of hydrogen-bond acceptors (Lipinski definition) is 2. The predicted octanol–water partition coefficient (Wildman–Crippen LogP) is 2.42. The van der Waals surface area contributed by atoms with Gasteiger partial charge in [-0.25, -0.2) is 0 Å². The number of hydrogen-bond donors (Lipinski definition) is 0. The first-order valence-corrected chi connectivity index (χ1v) is 7.76. The van der Waals surface area contributed by atoms with Crippen molar-refractivity contribution >= 4 is 17.5 Å². The van der Waals surface area contributed by atoms with Gasteiger partial charge in [0.05, 0.1) is 0 Å². The molecule has 21 heavy (non-hydrogen) atoms. The third-order valence-corrected chi connectivity index (χ3v) is 4.88. The molecule has 0 spiro atoms. The summed E-state index contributed by atoms with van der Waals surface area (Å²) in [4.78, 5) is 29.2. The van der Waals surface area contributed by atoms with E-state index in [9.17, 15) is 9.59 Å². The zero-order valence-electron chi connectivity index (χ0n) is 12.9. The van der Waals surface area contributed by atoms with Gasteiger partial charge >= 0.3 is 0 Å². The maximum atomic E-state index is 12.9. The van der Waals surface area contributed by atoms with Gasteiger partial charge in [-0.2, -0.15) is 0 Å². The summed E-state index contributed by atoms with van der Waals surface area (Å²) < 4.78 is 0. The zero-order valence-corrected chi connectivity index (χ0v) is 12.9. The van der Waals surface area contributed by atoms with E-state index >= 15 is 0 Å². The van der Waals surface area contributed by atoms with Crippen LogP contribution in [0.25, 0.3) is 0 Å². The molecule has 1 aromatic carbocycles. The van der Waals surface area contributed by atoms with Gasteiger partial charge in [-0.3, -0.25) is 14.5 Å². The SMILES string of the molecule is CCC1C(=O)N2CCCC2C(=O)N1c1cccc(C)c1C. The van der Waals surface area contributed by atoms with E-state index in [1.54, 1.807) is 9.80 Å². The predicted molar refractivity (Wildman–Crippen MR) is 82.2 cm³/mol. The number of carbonyl (C=O) groups excluding carboxylic acids is 2. The van der Waals surface area contributed by atoms with Gasteiger partial charge in [-0.1, -0.05) is 19.1 Å². The van der Waals surface area contributed by atoms with Gasteiger partial charge in [0, 0.05) is 12.2 Å². The second-order valence-corrected chi connectivity index (χ2v) is 6.04. The number of anilines is 1. The molecule has 0 aromatic heterocycles. The van der Waals surface area contributed by atoms with E-state index in [0.717, 1.165) is 36.2 Å². The Morgan fingerprint density at radius 3 is 2.67 bits per heavy atom. The Balaban J connectivity index is 2.08. The molecule has 112 valence electrons. The first-order chi connectivity index (χ1) is 10.1. The molecule has 4 heteroatoms. The average molecular weight is 286 g/mol. The maximum absolute atomic E-state index is 12.9. The fraction of sp³-hybridized carbons (Fsp3) is 0.529. The van der Waals surface area contributed by atoms with Gasteiger partial charge in [0.15, 0.2) is 0 Å². The van der Waals surface area contributed by atoms with Gasteiger partial charge < -0.3 is 4.90 Å².